The first-order chi connectivity index (χ1) is 11.3. The average molecular weight is 298 g/mol. The molecule has 4 rings (SSSR count). The fourth-order valence-corrected chi connectivity index (χ4v) is 3.11. The number of allylic oxidation sites excluding steroid dienone is 1. The standard InChI is InChI=1S/C22H18O/c1-16-14-18-6-5-9-21(22(18)15-16)17-10-12-20(13-11-17)23-19-7-3-2-4-8-19/h2-13,15H,14H2,1H3. The Morgan fingerprint density at radius 3 is 2.26 bits per heavy atom. The zero-order valence-electron chi connectivity index (χ0n) is 13.1. The zero-order chi connectivity index (χ0) is 15.6. The van der Waals surface area contributed by atoms with Crippen molar-refractivity contribution in [3.8, 4) is 22.6 Å². The molecule has 0 spiro atoms. The summed E-state index contributed by atoms with van der Waals surface area (Å²) in [5.74, 6) is 1.72. The predicted octanol–water partition coefficient (Wildman–Crippen LogP) is 6.11. The lowest BCUT2D eigenvalue weighted by Gasteiger charge is -2.10. The third-order valence-electron chi connectivity index (χ3n) is 4.20. The number of hydrogen-bond donors (Lipinski definition) is 0. The molecule has 23 heavy (non-hydrogen) atoms. The monoisotopic (exact) mass is 298 g/mol. The summed E-state index contributed by atoms with van der Waals surface area (Å²) in [6.07, 6.45) is 3.37. The van der Waals surface area contributed by atoms with Gasteiger partial charge in [0.1, 0.15) is 11.5 Å². The van der Waals surface area contributed by atoms with Crippen LogP contribution in [0.3, 0.4) is 0 Å². The molecule has 0 saturated carbocycles. The number of benzene rings is 3. The quantitative estimate of drug-likeness (QED) is 0.567. The van der Waals surface area contributed by atoms with Crippen LogP contribution < -0.4 is 4.74 Å². The van der Waals surface area contributed by atoms with Crippen molar-refractivity contribution in [2.45, 2.75) is 13.3 Å². The molecule has 112 valence electrons. The van der Waals surface area contributed by atoms with E-state index in [-0.39, 0.29) is 0 Å². The third kappa shape index (κ3) is 2.78. The first kappa shape index (κ1) is 13.8. The van der Waals surface area contributed by atoms with Gasteiger partial charge in [-0.25, -0.2) is 0 Å². The van der Waals surface area contributed by atoms with Gasteiger partial charge in [-0.15, -0.1) is 0 Å². The van der Waals surface area contributed by atoms with Crippen molar-refractivity contribution in [1.82, 2.24) is 0 Å². The van der Waals surface area contributed by atoms with Crippen LogP contribution in [0.2, 0.25) is 0 Å². The van der Waals surface area contributed by atoms with Crippen LogP contribution in [0.5, 0.6) is 11.5 Å². The molecule has 0 heterocycles. The fraction of sp³-hybridized carbons (Fsp3) is 0.0909. The molecule has 0 saturated heterocycles. The minimum absolute atomic E-state index is 0.860. The minimum atomic E-state index is 0.860. The van der Waals surface area contributed by atoms with Crippen LogP contribution in [0.25, 0.3) is 17.2 Å². The van der Waals surface area contributed by atoms with Gasteiger partial charge in [-0.1, -0.05) is 60.2 Å². The van der Waals surface area contributed by atoms with Crippen LogP contribution in [0.1, 0.15) is 18.1 Å². The van der Waals surface area contributed by atoms with E-state index in [2.05, 4.69) is 43.3 Å². The lowest BCUT2D eigenvalue weighted by Crippen LogP contribution is -1.88. The minimum Gasteiger partial charge on any atom is -0.457 e. The van der Waals surface area contributed by atoms with Crippen molar-refractivity contribution in [2.75, 3.05) is 0 Å². The second-order valence-corrected chi connectivity index (χ2v) is 5.99. The summed E-state index contributed by atoms with van der Waals surface area (Å²) in [6, 6.07) is 24.8. The molecule has 0 unspecified atom stereocenters. The van der Waals surface area contributed by atoms with E-state index in [4.69, 9.17) is 4.74 Å². The van der Waals surface area contributed by atoms with Crippen molar-refractivity contribution in [2.24, 2.45) is 0 Å². The zero-order valence-corrected chi connectivity index (χ0v) is 13.1. The molecule has 0 amide bonds. The molecule has 0 aromatic heterocycles. The molecule has 3 aromatic carbocycles. The Balaban J connectivity index is 1.64. The van der Waals surface area contributed by atoms with Gasteiger partial charge in [0.15, 0.2) is 0 Å². The van der Waals surface area contributed by atoms with Crippen molar-refractivity contribution >= 4 is 6.08 Å². The Kier molecular flexibility index (Phi) is 3.47. The number of hydrogen-bond acceptors (Lipinski definition) is 1. The van der Waals surface area contributed by atoms with Crippen LogP contribution in [0.15, 0.2) is 78.4 Å². The second kappa shape index (κ2) is 5.77. The molecule has 0 atom stereocenters. The molecule has 0 radical (unpaired) electrons. The van der Waals surface area contributed by atoms with E-state index in [0.717, 1.165) is 17.9 Å². The van der Waals surface area contributed by atoms with Crippen molar-refractivity contribution in [3.05, 3.63) is 89.5 Å². The van der Waals surface area contributed by atoms with Crippen LogP contribution in [0, 0.1) is 0 Å². The maximum atomic E-state index is 5.87. The summed E-state index contributed by atoms with van der Waals surface area (Å²) in [7, 11) is 0. The highest BCUT2D eigenvalue weighted by Gasteiger charge is 2.14. The van der Waals surface area contributed by atoms with Gasteiger partial charge in [-0.3, -0.25) is 0 Å². The summed E-state index contributed by atoms with van der Waals surface area (Å²) in [5.41, 5.74) is 6.74. The first-order valence-electron chi connectivity index (χ1n) is 7.92. The molecule has 0 N–H and O–H groups in total. The van der Waals surface area contributed by atoms with Crippen molar-refractivity contribution in [1.29, 1.82) is 0 Å². The van der Waals surface area contributed by atoms with Gasteiger partial charge < -0.3 is 4.74 Å². The summed E-state index contributed by atoms with van der Waals surface area (Å²) in [4.78, 5) is 0. The predicted molar refractivity (Wildman–Crippen MR) is 95.7 cm³/mol. The van der Waals surface area contributed by atoms with Crippen LogP contribution in [0.4, 0.5) is 0 Å². The summed E-state index contributed by atoms with van der Waals surface area (Å²) in [6.45, 7) is 2.20. The molecule has 1 heteroatoms. The van der Waals surface area contributed by atoms with Crippen LogP contribution in [-0.4, -0.2) is 0 Å². The largest absolute Gasteiger partial charge is 0.457 e. The summed E-state index contributed by atoms with van der Waals surface area (Å²) >= 11 is 0. The number of para-hydroxylation sites is 1. The molecule has 0 aliphatic heterocycles. The molecule has 0 bridgehead atoms. The van der Waals surface area contributed by atoms with Crippen molar-refractivity contribution < 1.29 is 4.74 Å². The van der Waals surface area contributed by atoms with Gasteiger partial charge in [0.25, 0.3) is 0 Å². The Labute approximate surface area is 136 Å². The normalized spacial score (nSPS) is 12.7. The van der Waals surface area contributed by atoms with Crippen LogP contribution in [-0.2, 0) is 6.42 Å². The Morgan fingerprint density at radius 1 is 0.739 bits per heavy atom. The summed E-state index contributed by atoms with van der Waals surface area (Å²) < 4.78 is 5.87. The number of rotatable bonds is 3. The third-order valence-corrected chi connectivity index (χ3v) is 4.20. The van der Waals surface area contributed by atoms with E-state index in [1.165, 1.54) is 27.8 Å². The molecule has 1 aliphatic carbocycles. The van der Waals surface area contributed by atoms with E-state index in [9.17, 15) is 0 Å². The van der Waals surface area contributed by atoms with Gasteiger partial charge in [0, 0.05) is 0 Å². The van der Waals surface area contributed by atoms with Crippen molar-refractivity contribution in [3.63, 3.8) is 0 Å². The molecule has 3 aromatic rings. The fourth-order valence-electron chi connectivity index (χ4n) is 3.11. The SMILES string of the molecule is CC1=Cc2c(cccc2-c2ccc(Oc3ccccc3)cc2)C1. The maximum absolute atomic E-state index is 5.87. The maximum Gasteiger partial charge on any atom is 0.127 e. The second-order valence-electron chi connectivity index (χ2n) is 5.99. The smallest absolute Gasteiger partial charge is 0.127 e. The number of ether oxygens (including phenoxy) is 1. The molecular weight excluding hydrogens is 280 g/mol. The Morgan fingerprint density at radius 2 is 1.48 bits per heavy atom. The van der Waals surface area contributed by atoms with Gasteiger partial charge in [0.05, 0.1) is 0 Å². The first-order valence-corrected chi connectivity index (χ1v) is 7.92. The lowest BCUT2D eigenvalue weighted by atomic mass is 9.97. The van der Waals surface area contributed by atoms with Gasteiger partial charge in [-0.05, 0) is 59.9 Å². The topological polar surface area (TPSA) is 9.23 Å². The Hall–Kier alpha value is -2.80. The summed E-state index contributed by atoms with van der Waals surface area (Å²) in [5, 5.41) is 0. The van der Waals surface area contributed by atoms with E-state index < -0.39 is 0 Å². The highest BCUT2D eigenvalue weighted by atomic mass is 16.5. The van der Waals surface area contributed by atoms with Gasteiger partial charge in [-0.2, -0.15) is 0 Å². The highest BCUT2D eigenvalue weighted by Crippen LogP contribution is 2.34. The van der Waals surface area contributed by atoms with E-state index in [1.54, 1.807) is 0 Å². The van der Waals surface area contributed by atoms with E-state index >= 15 is 0 Å². The van der Waals surface area contributed by atoms with E-state index in [0.29, 0.717) is 0 Å². The Bertz CT molecular complexity index is 858. The number of fused-ring (bicyclic) bond motifs is 1. The van der Waals surface area contributed by atoms with Gasteiger partial charge >= 0.3 is 0 Å². The lowest BCUT2D eigenvalue weighted by molar-refractivity contribution is 0.483. The van der Waals surface area contributed by atoms with Gasteiger partial charge in [0.2, 0.25) is 0 Å². The molecule has 0 fully saturated rings. The molecule has 1 nitrogen and oxygen atoms in total. The molecule has 1 aliphatic rings. The average Bonchev–Trinajstić information content (AvgIpc) is 2.97. The van der Waals surface area contributed by atoms with E-state index in [1.807, 2.05) is 42.5 Å². The highest BCUT2D eigenvalue weighted by molar-refractivity contribution is 5.80. The van der Waals surface area contributed by atoms with Crippen LogP contribution >= 0.6 is 0 Å². The molecular formula is C22H18O.